The van der Waals surface area contributed by atoms with E-state index < -0.39 is 10.0 Å². The molecule has 8 heteroatoms. The summed E-state index contributed by atoms with van der Waals surface area (Å²) in [4.78, 5) is 13.7. The SMILES string of the molecule is COc1c(C)cc(S(=O)(=O)NCc2ccc(C(=O)c3ccco3)s2)cc1C. The number of nitrogens with one attached hydrogen (secondary N) is 1. The fourth-order valence-corrected chi connectivity index (χ4v) is 4.92. The Hall–Kier alpha value is -2.42. The molecule has 0 aliphatic rings. The van der Waals surface area contributed by atoms with E-state index in [0.717, 1.165) is 16.0 Å². The number of benzene rings is 1. The van der Waals surface area contributed by atoms with Crippen LogP contribution in [0.5, 0.6) is 5.75 Å². The number of aryl methyl sites for hydroxylation is 2. The van der Waals surface area contributed by atoms with Gasteiger partial charge in [0, 0.05) is 11.4 Å². The summed E-state index contributed by atoms with van der Waals surface area (Å²) in [5.41, 5.74) is 1.50. The molecule has 2 aromatic heterocycles. The number of ketones is 1. The molecule has 0 radical (unpaired) electrons. The first kappa shape index (κ1) is 19.3. The third-order valence-electron chi connectivity index (χ3n) is 4.02. The third-order valence-corrected chi connectivity index (χ3v) is 6.48. The number of carbonyl (C=O) groups is 1. The number of thiophene rings is 1. The van der Waals surface area contributed by atoms with Gasteiger partial charge in [-0.15, -0.1) is 11.3 Å². The Balaban J connectivity index is 1.74. The number of furan rings is 1. The smallest absolute Gasteiger partial charge is 0.240 e. The highest BCUT2D eigenvalue weighted by molar-refractivity contribution is 7.89. The van der Waals surface area contributed by atoms with Crippen LogP contribution in [0.3, 0.4) is 0 Å². The molecule has 27 heavy (non-hydrogen) atoms. The van der Waals surface area contributed by atoms with Crippen LogP contribution in [0, 0.1) is 13.8 Å². The molecule has 0 fully saturated rings. The zero-order chi connectivity index (χ0) is 19.6. The molecule has 0 amide bonds. The number of sulfonamides is 1. The average Bonchev–Trinajstić information content (AvgIpc) is 3.31. The van der Waals surface area contributed by atoms with Gasteiger partial charge < -0.3 is 9.15 Å². The molecule has 0 saturated carbocycles. The quantitative estimate of drug-likeness (QED) is 0.606. The summed E-state index contributed by atoms with van der Waals surface area (Å²) in [6.07, 6.45) is 1.44. The van der Waals surface area contributed by atoms with Crippen molar-refractivity contribution in [2.45, 2.75) is 25.3 Å². The molecule has 0 aliphatic heterocycles. The van der Waals surface area contributed by atoms with Gasteiger partial charge in [0.2, 0.25) is 15.8 Å². The lowest BCUT2D eigenvalue weighted by molar-refractivity contribution is 0.101. The summed E-state index contributed by atoms with van der Waals surface area (Å²) in [7, 11) is -2.13. The van der Waals surface area contributed by atoms with Crippen molar-refractivity contribution in [1.29, 1.82) is 0 Å². The summed E-state index contributed by atoms with van der Waals surface area (Å²) in [6, 6.07) is 9.80. The molecule has 3 rings (SSSR count). The standard InChI is InChI=1S/C19H19NO5S2/c1-12-9-15(10-13(2)19(12)24-3)27(22,23)20-11-14-6-7-17(26-14)18(21)16-5-4-8-25-16/h4-10,20H,11H2,1-3H3. The largest absolute Gasteiger partial charge is 0.496 e. The van der Waals surface area contributed by atoms with Gasteiger partial charge in [-0.25, -0.2) is 13.1 Å². The van der Waals surface area contributed by atoms with E-state index >= 15 is 0 Å². The highest BCUT2D eigenvalue weighted by atomic mass is 32.2. The van der Waals surface area contributed by atoms with Crippen LogP contribution in [0.25, 0.3) is 0 Å². The third kappa shape index (κ3) is 4.13. The first-order valence-corrected chi connectivity index (χ1v) is 10.4. The zero-order valence-corrected chi connectivity index (χ0v) is 16.7. The van der Waals surface area contributed by atoms with E-state index in [2.05, 4.69) is 4.72 Å². The predicted octanol–water partition coefficient (Wildman–Crippen LogP) is 3.68. The number of carbonyl (C=O) groups excluding carboxylic acids is 1. The molecule has 0 aliphatic carbocycles. The van der Waals surface area contributed by atoms with E-state index in [9.17, 15) is 13.2 Å². The molecule has 3 aromatic rings. The molecule has 0 atom stereocenters. The van der Waals surface area contributed by atoms with Gasteiger partial charge >= 0.3 is 0 Å². The molecule has 0 bridgehead atoms. The Morgan fingerprint density at radius 1 is 1.19 bits per heavy atom. The maximum absolute atomic E-state index is 12.6. The van der Waals surface area contributed by atoms with Crippen LogP contribution < -0.4 is 9.46 Å². The molecule has 6 nitrogen and oxygen atoms in total. The maximum Gasteiger partial charge on any atom is 0.240 e. The molecule has 0 spiro atoms. The zero-order valence-electron chi connectivity index (χ0n) is 15.1. The van der Waals surface area contributed by atoms with Crippen molar-refractivity contribution < 1.29 is 22.4 Å². The first-order chi connectivity index (χ1) is 12.8. The van der Waals surface area contributed by atoms with E-state index in [1.807, 2.05) is 0 Å². The van der Waals surface area contributed by atoms with Gasteiger partial charge in [0.15, 0.2) is 5.76 Å². The van der Waals surface area contributed by atoms with Gasteiger partial charge in [-0.2, -0.15) is 0 Å². The maximum atomic E-state index is 12.6. The summed E-state index contributed by atoms with van der Waals surface area (Å²) in [5, 5.41) is 0. The summed E-state index contributed by atoms with van der Waals surface area (Å²) < 4.78 is 38.2. The van der Waals surface area contributed by atoms with E-state index in [-0.39, 0.29) is 23.0 Å². The van der Waals surface area contributed by atoms with Crippen LogP contribution >= 0.6 is 11.3 Å². The van der Waals surface area contributed by atoms with Gasteiger partial charge in [0.05, 0.1) is 23.1 Å². The minimum Gasteiger partial charge on any atom is -0.496 e. The molecule has 142 valence electrons. The van der Waals surface area contributed by atoms with Crippen LogP contribution in [0.4, 0.5) is 0 Å². The van der Waals surface area contributed by atoms with Crippen LogP contribution in [0.15, 0.2) is 52.0 Å². The van der Waals surface area contributed by atoms with E-state index in [0.29, 0.717) is 10.6 Å². The number of hydrogen-bond donors (Lipinski definition) is 1. The molecule has 1 aromatic carbocycles. The topological polar surface area (TPSA) is 85.6 Å². The second-order valence-electron chi connectivity index (χ2n) is 5.99. The second-order valence-corrected chi connectivity index (χ2v) is 8.92. The summed E-state index contributed by atoms with van der Waals surface area (Å²) >= 11 is 1.23. The van der Waals surface area contributed by atoms with Gasteiger partial charge in [0.25, 0.3) is 0 Å². The monoisotopic (exact) mass is 405 g/mol. The van der Waals surface area contributed by atoms with Gasteiger partial charge in [-0.1, -0.05) is 0 Å². The van der Waals surface area contributed by atoms with Crippen LogP contribution in [0.2, 0.25) is 0 Å². The Morgan fingerprint density at radius 2 is 1.89 bits per heavy atom. The highest BCUT2D eigenvalue weighted by Gasteiger charge is 2.19. The lowest BCUT2D eigenvalue weighted by Gasteiger charge is -2.12. The van der Waals surface area contributed by atoms with Crippen LogP contribution in [0.1, 0.15) is 31.4 Å². The van der Waals surface area contributed by atoms with Crippen LogP contribution in [-0.2, 0) is 16.6 Å². The number of hydrogen-bond acceptors (Lipinski definition) is 6. The fraction of sp³-hybridized carbons (Fsp3) is 0.211. The number of methoxy groups -OCH3 is 1. The lowest BCUT2D eigenvalue weighted by atomic mass is 10.1. The average molecular weight is 405 g/mol. The minimum absolute atomic E-state index is 0.0998. The highest BCUT2D eigenvalue weighted by Crippen LogP contribution is 2.27. The second kappa shape index (κ2) is 7.67. The number of rotatable bonds is 7. The normalized spacial score (nSPS) is 11.5. The molecule has 0 unspecified atom stereocenters. The fourth-order valence-electron chi connectivity index (χ4n) is 2.76. The van der Waals surface area contributed by atoms with Gasteiger partial charge in [-0.05, 0) is 61.4 Å². The Bertz CT molecular complexity index is 1040. The minimum atomic E-state index is -3.68. The van der Waals surface area contributed by atoms with Crippen LogP contribution in [-0.4, -0.2) is 21.3 Å². The van der Waals surface area contributed by atoms with Gasteiger partial charge in [0.1, 0.15) is 5.75 Å². The van der Waals surface area contributed by atoms with Crippen molar-refractivity contribution in [3.05, 3.63) is 69.3 Å². The van der Waals surface area contributed by atoms with Crippen molar-refractivity contribution in [3.63, 3.8) is 0 Å². The number of ether oxygens (including phenoxy) is 1. The lowest BCUT2D eigenvalue weighted by Crippen LogP contribution is -2.23. The molecular formula is C19H19NO5S2. The first-order valence-electron chi connectivity index (χ1n) is 8.13. The summed E-state index contributed by atoms with van der Waals surface area (Å²) in [6.45, 7) is 3.70. The summed E-state index contributed by atoms with van der Waals surface area (Å²) in [5.74, 6) is 0.710. The molecule has 2 heterocycles. The van der Waals surface area contributed by atoms with E-state index in [1.54, 1.807) is 57.4 Å². The Labute approximate surface area is 161 Å². The Morgan fingerprint density at radius 3 is 2.48 bits per heavy atom. The van der Waals surface area contributed by atoms with Crippen molar-refractivity contribution in [2.24, 2.45) is 0 Å². The predicted molar refractivity (Wildman–Crippen MR) is 103 cm³/mol. The molecular weight excluding hydrogens is 386 g/mol. The van der Waals surface area contributed by atoms with Crippen molar-refractivity contribution in [3.8, 4) is 5.75 Å². The van der Waals surface area contributed by atoms with Gasteiger partial charge in [-0.3, -0.25) is 4.79 Å². The van der Waals surface area contributed by atoms with Crippen molar-refractivity contribution in [1.82, 2.24) is 4.72 Å². The Kier molecular flexibility index (Phi) is 5.50. The molecule has 1 N–H and O–H groups in total. The van der Waals surface area contributed by atoms with Crippen molar-refractivity contribution >= 4 is 27.1 Å². The van der Waals surface area contributed by atoms with E-state index in [4.69, 9.17) is 9.15 Å². The van der Waals surface area contributed by atoms with Crippen molar-refractivity contribution in [2.75, 3.05) is 7.11 Å². The van der Waals surface area contributed by atoms with E-state index in [1.165, 1.54) is 17.6 Å². The molecule has 0 saturated heterocycles.